The molecule has 1 N–H and O–H groups in total. The molecule has 8 heteroatoms. The number of anilines is 3. The van der Waals surface area contributed by atoms with Gasteiger partial charge in [0.15, 0.2) is 0 Å². The van der Waals surface area contributed by atoms with E-state index >= 15 is 0 Å². The number of nitrogens with zero attached hydrogens (tertiary/aromatic N) is 5. The van der Waals surface area contributed by atoms with E-state index < -0.39 is 0 Å². The molecule has 2 aliphatic rings. The third-order valence-corrected chi connectivity index (χ3v) is 5.27. The van der Waals surface area contributed by atoms with Crippen molar-refractivity contribution in [3.05, 3.63) is 23.9 Å². The summed E-state index contributed by atoms with van der Waals surface area (Å²) in [6.07, 6.45) is 2.99. The lowest BCUT2D eigenvalue weighted by Crippen LogP contribution is -2.39. The summed E-state index contributed by atoms with van der Waals surface area (Å²) >= 11 is 0. The summed E-state index contributed by atoms with van der Waals surface area (Å²) in [7, 11) is 0. The Hall–Kier alpha value is -2.45. The molecule has 0 unspecified atom stereocenters. The Balaban J connectivity index is 1.69. The summed E-state index contributed by atoms with van der Waals surface area (Å²) < 4.78 is 11.0. The molecule has 0 atom stereocenters. The summed E-state index contributed by atoms with van der Waals surface area (Å²) in [5, 5.41) is 3.35. The molecule has 8 nitrogen and oxygen atoms in total. The second-order valence-electron chi connectivity index (χ2n) is 7.42. The number of pyridine rings is 1. The van der Waals surface area contributed by atoms with Crippen molar-refractivity contribution in [3.8, 4) is 11.3 Å². The van der Waals surface area contributed by atoms with Gasteiger partial charge in [-0.15, -0.1) is 0 Å². The van der Waals surface area contributed by atoms with Crippen LogP contribution in [0.2, 0.25) is 0 Å². The van der Waals surface area contributed by atoms with Crippen molar-refractivity contribution < 1.29 is 9.47 Å². The normalized spacial score (nSPS) is 17.4. The zero-order chi connectivity index (χ0) is 20.1. The number of morpholine rings is 2. The number of aryl methyl sites for hydroxylation is 1. The molecule has 2 aliphatic heterocycles. The van der Waals surface area contributed by atoms with Gasteiger partial charge in [0.05, 0.1) is 32.1 Å². The minimum absolute atomic E-state index is 0.707. The molecule has 4 rings (SSSR count). The van der Waals surface area contributed by atoms with E-state index in [0.29, 0.717) is 13.2 Å². The standard InChI is InChI=1S/C21H30N6O2/c1-3-4-22-19-13-16(2)17(15-23-19)18-14-20(26-5-9-28-10-6-26)25-21(24-18)27-7-11-29-12-8-27/h13-15H,3-12H2,1-2H3,(H,22,23). The molecular weight excluding hydrogens is 368 g/mol. The van der Waals surface area contributed by atoms with E-state index in [1.54, 1.807) is 0 Å². The van der Waals surface area contributed by atoms with Crippen LogP contribution in [0.3, 0.4) is 0 Å². The molecule has 2 saturated heterocycles. The minimum Gasteiger partial charge on any atom is -0.378 e. The van der Waals surface area contributed by atoms with Crippen LogP contribution in [-0.2, 0) is 9.47 Å². The maximum atomic E-state index is 5.52. The molecule has 2 aromatic heterocycles. The quantitative estimate of drug-likeness (QED) is 0.795. The zero-order valence-electron chi connectivity index (χ0n) is 17.4. The molecule has 4 heterocycles. The van der Waals surface area contributed by atoms with Crippen molar-refractivity contribution in [3.63, 3.8) is 0 Å². The van der Waals surface area contributed by atoms with Crippen LogP contribution in [0.15, 0.2) is 18.3 Å². The number of hydrogen-bond acceptors (Lipinski definition) is 8. The van der Waals surface area contributed by atoms with Gasteiger partial charge in [0.2, 0.25) is 5.95 Å². The van der Waals surface area contributed by atoms with Gasteiger partial charge in [-0.25, -0.2) is 9.97 Å². The fraction of sp³-hybridized carbons (Fsp3) is 0.571. The lowest BCUT2D eigenvalue weighted by molar-refractivity contribution is 0.121. The first-order chi connectivity index (χ1) is 14.2. The molecule has 0 aliphatic carbocycles. The Morgan fingerprint density at radius 1 is 0.966 bits per heavy atom. The Kier molecular flexibility index (Phi) is 6.41. The molecule has 156 valence electrons. The number of aromatic nitrogens is 3. The van der Waals surface area contributed by atoms with Crippen LogP contribution in [0, 0.1) is 6.92 Å². The fourth-order valence-corrected chi connectivity index (χ4v) is 3.59. The first-order valence-corrected chi connectivity index (χ1v) is 10.5. The van der Waals surface area contributed by atoms with Crippen molar-refractivity contribution in [2.24, 2.45) is 0 Å². The van der Waals surface area contributed by atoms with Gasteiger partial charge in [-0.1, -0.05) is 6.92 Å². The molecule has 2 fully saturated rings. The van der Waals surface area contributed by atoms with Gasteiger partial charge in [0, 0.05) is 50.6 Å². The van der Waals surface area contributed by atoms with E-state index in [1.165, 1.54) is 0 Å². The highest BCUT2D eigenvalue weighted by Gasteiger charge is 2.20. The van der Waals surface area contributed by atoms with Gasteiger partial charge in [0.1, 0.15) is 11.6 Å². The lowest BCUT2D eigenvalue weighted by Gasteiger charge is -2.31. The zero-order valence-corrected chi connectivity index (χ0v) is 17.4. The minimum atomic E-state index is 0.707. The number of hydrogen-bond donors (Lipinski definition) is 1. The molecule has 0 aromatic carbocycles. The van der Waals surface area contributed by atoms with Crippen molar-refractivity contribution >= 4 is 17.6 Å². The monoisotopic (exact) mass is 398 g/mol. The van der Waals surface area contributed by atoms with E-state index in [4.69, 9.17) is 19.4 Å². The van der Waals surface area contributed by atoms with Crippen LogP contribution in [0.5, 0.6) is 0 Å². The van der Waals surface area contributed by atoms with Crippen LogP contribution < -0.4 is 15.1 Å². The van der Waals surface area contributed by atoms with E-state index in [1.807, 2.05) is 6.20 Å². The smallest absolute Gasteiger partial charge is 0.228 e. The first-order valence-electron chi connectivity index (χ1n) is 10.5. The average Bonchev–Trinajstić information content (AvgIpc) is 2.78. The molecule has 2 aromatic rings. The maximum Gasteiger partial charge on any atom is 0.228 e. The molecule has 0 spiro atoms. The second-order valence-corrected chi connectivity index (χ2v) is 7.42. The molecule has 0 amide bonds. The Morgan fingerprint density at radius 3 is 2.31 bits per heavy atom. The van der Waals surface area contributed by atoms with Crippen LogP contribution in [0.25, 0.3) is 11.3 Å². The van der Waals surface area contributed by atoms with Gasteiger partial charge < -0.3 is 24.6 Å². The number of nitrogens with one attached hydrogen (secondary N) is 1. The second kappa shape index (κ2) is 9.37. The molecule has 0 bridgehead atoms. The van der Waals surface area contributed by atoms with Crippen LogP contribution in [0.1, 0.15) is 18.9 Å². The molecule has 29 heavy (non-hydrogen) atoms. The number of ether oxygens (including phenoxy) is 2. The van der Waals surface area contributed by atoms with E-state index in [-0.39, 0.29) is 0 Å². The largest absolute Gasteiger partial charge is 0.378 e. The first kappa shape index (κ1) is 19.8. The fourth-order valence-electron chi connectivity index (χ4n) is 3.59. The van der Waals surface area contributed by atoms with E-state index in [0.717, 1.165) is 86.8 Å². The highest BCUT2D eigenvalue weighted by atomic mass is 16.5. The van der Waals surface area contributed by atoms with Crippen LogP contribution >= 0.6 is 0 Å². The van der Waals surface area contributed by atoms with E-state index in [9.17, 15) is 0 Å². The van der Waals surface area contributed by atoms with Gasteiger partial charge >= 0.3 is 0 Å². The SMILES string of the molecule is CCCNc1cc(C)c(-c2cc(N3CCOCC3)nc(N3CCOCC3)n2)cn1. The van der Waals surface area contributed by atoms with Crippen molar-refractivity contribution in [1.82, 2.24) is 15.0 Å². The lowest BCUT2D eigenvalue weighted by atomic mass is 10.1. The Bertz CT molecular complexity index is 783. The van der Waals surface area contributed by atoms with Gasteiger partial charge in [-0.2, -0.15) is 4.98 Å². The highest BCUT2D eigenvalue weighted by molar-refractivity contribution is 5.69. The summed E-state index contributed by atoms with van der Waals surface area (Å²) in [5.74, 6) is 2.62. The summed E-state index contributed by atoms with van der Waals surface area (Å²) in [6.45, 7) is 11.3. The molecule has 0 radical (unpaired) electrons. The van der Waals surface area contributed by atoms with Crippen molar-refractivity contribution in [1.29, 1.82) is 0 Å². The van der Waals surface area contributed by atoms with Gasteiger partial charge in [-0.05, 0) is 25.0 Å². The van der Waals surface area contributed by atoms with Crippen molar-refractivity contribution in [2.45, 2.75) is 20.3 Å². The highest BCUT2D eigenvalue weighted by Crippen LogP contribution is 2.28. The van der Waals surface area contributed by atoms with Crippen LogP contribution in [0.4, 0.5) is 17.6 Å². The summed E-state index contributed by atoms with van der Waals surface area (Å²) in [5.41, 5.74) is 3.10. The van der Waals surface area contributed by atoms with Gasteiger partial charge in [-0.3, -0.25) is 0 Å². The third-order valence-electron chi connectivity index (χ3n) is 5.27. The maximum absolute atomic E-state index is 5.52. The topological polar surface area (TPSA) is 75.6 Å². The predicted octanol–water partition coefficient (Wildman–Crippen LogP) is 2.34. The Morgan fingerprint density at radius 2 is 1.66 bits per heavy atom. The summed E-state index contributed by atoms with van der Waals surface area (Å²) in [4.78, 5) is 18.9. The molecular formula is C21H30N6O2. The summed E-state index contributed by atoms with van der Waals surface area (Å²) in [6, 6.07) is 4.17. The van der Waals surface area contributed by atoms with Gasteiger partial charge in [0.25, 0.3) is 0 Å². The van der Waals surface area contributed by atoms with E-state index in [2.05, 4.69) is 46.1 Å². The number of rotatable bonds is 6. The van der Waals surface area contributed by atoms with Crippen molar-refractivity contribution in [2.75, 3.05) is 74.3 Å². The predicted molar refractivity (Wildman–Crippen MR) is 115 cm³/mol. The average molecular weight is 399 g/mol. The van der Waals surface area contributed by atoms with Crippen LogP contribution in [-0.4, -0.2) is 74.1 Å². The third kappa shape index (κ3) is 4.76. The molecule has 0 saturated carbocycles. The Labute approximate surface area is 172 Å².